The molecular formula is C12H19NO5. The standard InChI is InChI=1S/C12H19NO5/c1-11(2,3)18-10(16)13-5-8(9(14)15)4-12(13)6-17-7-12/h8H,4-7H2,1-3H3,(H,14,15). The van der Waals surface area contributed by atoms with Crippen LogP contribution in [0, 0.1) is 5.92 Å². The van der Waals surface area contributed by atoms with Crippen molar-refractivity contribution in [2.45, 2.75) is 38.3 Å². The normalized spacial score (nSPS) is 25.9. The fraction of sp³-hybridized carbons (Fsp3) is 0.833. The van der Waals surface area contributed by atoms with Crippen LogP contribution in [-0.4, -0.2) is 53.0 Å². The molecule has 2 aliphatic rings. The van der Waals surface area contributed by atoms with E-state index in [-0.39, 0.29) is 6.54 Å². The molecule has 0 saturated carbocycles. The summed E-state index contributed by atoms with van der Waals surface area (Å²) in [5.74, 6) is -1.39. The predicted octanol–water partition coefficient (Wildman–Crippen LogP) is 1.10. The Balaban J connectivity index is 2.11. The van der Waals surface area contributed by atoms with E-state index in [0.29, 0.717) is 19.6 Å². The molecule has 0 aromatic rings. The highest BCUT2D eigenvalue weighted by Crippen LogP contribution is 2.39. The van der Waals surface area contributed by atoms with Gasteiger partial charge in [-0.3, -0.25) is 9.69 Å². The molecule has 0 aromatic carbocycles. The first-order valence-electron chi connectivity index (χ1n) is 6.05. The van der Waals surface area contributed by atoms with Crippen LogP contribution in [0.4, 0.5) is 4.79 Å². The van der Waals surface area contributed by atoms with Crippen LogP contribution < -0.4 is 0 Å². The number of nitrogens with zero attached hydrogens (tertiary/aromatic N) is 1. The van der Waals surface area contributed by atoms with Gasteiger partial charge in [-0.15, -0.1) is 0 Å². The van der Waals surface area contributed by atoms with Gasteiger partial charge in [0.25, 0.3) is 0 Å². The van der Waals surface area contributed by atoms with Crippen LogP contribution in [0.2, 0.25) is 0 Å². The second-order valence-corrected chi connectivity index (χ2v) is 6.05. The number of carbonyl (C=O) groups excluding carboxylic acids is 1. The van der Waals surface area contributed by atoms with Crippen LogP contribution in [0.3, 0.4) is 0 Å². The first-order chi connectivity index (χ1) is 8.23. The number of likely N-dealkylation sites (tertiary alicyclic amines) is 1. The van der Waals surface area contributed by atoms with E-state index >= 15 is 0 Å². The lowest BCUT2D eigenvalue weighted by molar-refractivity contribution is -0.142. The van der Waals surface area contributed by atoms with Crippen LogP contribution in [0.1, 0.15) is 27.2 Å². The van der Waals surface area contributed by atoms with Crippen LogP contribution in [0.25, 0.3) is 0 Å². The zero-order chi connectivity index (χ0) is 13.6. The van der Waals surface area contributed by atoms with E-state index in [1.165, 1.54) is 4.90 Å². The smallest absolute Gasteiger partial charge is 0.410 e. The molecule has 102 valence electrons. The van der Waals surface area contributed by atoms with Crippen molar-refractivity contribution in [3.63, 3.8) is 0 Å². The number of carboxylic acids is 1. The molecule has 0 aliphatic carbocycles. The second kappa shape index (κ2) is 4.12. The van der Waals surface area contributed by atoms with Gasteiger partial charge in [0.15, 0.2) is 0 Å². The molecule has 0 aromatic heterocycles. The highest BCUT2D eigenvalue weighted by Gasteiger charge is 2.55. The van der Waals surface area contributed by atoms with E-state index in [9.17, 15) is 9.59 Å². The van der Waals surface area contributed by atoms with E-state index in [1.807, 2.05) is 0 Å². The van der Waals surface area contributed by atoms with Crippen molar-refractivity contribution in [3.05, 3.63) is 0 Å². The average molecular weight is 257 g/mol. The van der Waals surface area contributed by atoms with Crippen molar-refractivity contribution in [2.24, 2.45) is 5.92 Å². The Kier molecular flexibility index (Phi) is 3.01. The van der Waals surface area contributed by atoms with Gasteiger partial charge in [-0.05, 0) is 27.2 Å². The van der Waals surface area contributed by atoms with Crippen LogP contribution >= 0.6 is 0 Å². The van der Waals surface area contributed by atoms with Gasteiger partial charge in [0.05, 0.1) is 24.7 Å². The van der Waals surface area contributed by atoms with Gasteiger partial charge in [0, 0.05) is 6.54 Å². The maximum Gasteiger partial charge on any atom is 0.410 e. The van der Waals surface area contributed by atoms with Gasteiger partial charge in [0.2, 0.25) is 0 Å². The molecule has 18 heavy (non-hydrogen) atoms. The van der Waals surface area contributed by atoms with Crippen molar-refractivity contribution in [3.8, 4) is 0 Å². The third kappa shape index (κ3) is 2.29. The van der Waals surface area contributed by atoms with Gasteiger partial charge in [-0.2, -0.15) is 0 Å². The molecule has 0 bridgehead atoms. The molecular weight excluding hydrogens is 238 g/mol. The molecule has 1 N–H and O–H groups in total. The van der Waals surface area contributed by atoms with Gasteiger partial charge in [-0.1, -0.05) is 0 Å². The summed E-state index contributed by atoms with van der Waals surface area (Å²) in [5, 5.41) is 9.08. The molecule has 6 heteroatoms. The largest absolute Gasteiger partial charge is 0.481 e. The summed E-state index contributed by atoms with van der Waals surface area (Å²) in [7, 11) is 0. The summed E-state index contributed by atoms with van der Waals surface area (Å²) >= 11 is 0. The lowest BCUT2D eigenvalue weighted by Gasteiger charge is -2.44. The minimum atomic E-state index is -0.868. The zero-order valence-corrected chi connectivity index (χ0v) is 10.9. The van der Waals surface area contributed by atoms with Gasteiger partial charge in [0.1, 0.15) is 5.60 Å². The Hall–Kier alpha value is -1.30. The summed E-state index contributed by atoms with van der Waals surface area (Å²) in [4.78, 5) is 24.7. The monoisotopic (exact) mass is 257 g/mol. The number of ether oxygens (including phenoxy) is 2. The van der Waals surface area contributed by atoms with Crippen LogP contribution in [-0.2, 0) is 14.3 Å². The molecule has 1 spiro atoms. The van der Waals surface area contributed by atoms with Crippen molar-refractivity contribution in [1.82, 2.24) is 4.90 Å². The maximum absolute atomic E-state index is 12.1. The molecule has 1 atom stereocenters. The molecule has 2 saturated heterocycles. The van der Waals surface area contributed by atoms with Crippen molar-refractivity contribution >= 4 is 12.1 Å². The lowest BCUT2D eigenvalue weighted by atomic mass is 9.90. The summed E-state index contributed by atoms with van der Waals surface area (Å²) in [6.45, 7) is 6.37. The minimum absolute atomic E-state index is 0.202. The number of rotatable bonds is 1. The van der Waals surface area contributed by atoms with Crippen LogP contribution in [0.15, 0.2) is 0 Å². The summed E-state index contributed by atoms with van der Waals surface area (Å²) < 4.78 is 10.5. The summed E-state index contributed by atoms with van der Waals surface area (Å²) in [5.41, 5.74) is -1.05. The zero-order valence-electron chi connectivity index (χ0n) is 10.9. The highest BCUT2D eigenvalue weighted by atomic mass is 16.6. The van der Waals surface area contributed by atoms with Crippen molar-refractivity contribution in [1.29, 1.82) is 0 Å². The van der Waals surface area contributed by atoms with E-state index < -0.39 is 29.1 Å². The first-order valence-corrected chi connectivity index (χ1v) is 6.05. The fourth-order valence-corrected chi connectivity index (χ4v) is 2.41. The Bertz CT molecular complexity index is 369. The van der Waals surface area contributed by atoms with E-state index in [0.717, 1.165) is 0 Å². The number of carboxylic acid groups (broad SMARTS) is 1. The van der Waals surface area contributed by atoms with Crippen molar-refractivity contribution < 1.29 is 24.2 Å². The topological polar surface area (TPSA) is 76.1 Å². The third-order valence-electron chi connectivity index (χ3n) is 3.31. The molecule has 1 amide bonds. The van der Waals surface area contributed by atoms with E-state index in [2.05, 4.69) is 0 Å². The first kappa shape index (κ1) is 13.1. The predicted molar refractivity (Wildman–Crippen MR) is 62.2 cm³/mol. The molecule has 1 unspecified atom stereocenters. The Morgan fingerprint density at radius 2 is 2.00 bits per heavy atom. The van der Waals surface area contributed by atoms with E-state index in [1.54, 1.807) is 20.8 Å². The number of aliphatic carboxylic acids is 1. The average Bonchev–Trinajstić information content (AvgIpc) is 2.53. The fourth-order valence-electron chi connectivity index (χ4n) is 2.41. The number of hydrogen-bond donors (Lipinski definition) is 1. The molecule has 2 fully saturated rings. The third-order valence-corrected chi connectivity index (χ3v) is 3.31. The Morgan fingerprint density at radius 3 is 2.39 bits per heavy atom. The Morgan fingerprint density at radius 1 is 1.39 bits per heavy atom. The summed E-state index contributed by atoms with van der Waals surface area (Å²) in [6.07, 6.45) is -0.00348. The van der Waals surface area contributed by atoms with Gasteiger partial charge >= 0.3 is 12.1 Å². The highest BCUT2D eigenvalue weighted by molar-refractivity contribution is 5.75. The Labute approximate surface area is 106 Å². The SMILES string of the molecule is CC(C)(C)OC(=O)N1CC(C(=O)O)CC12COC2. The molecule has 6 nitrogen and oxygen atoms in total. The molecule has 2 heterocycles. The van der Waals surface area contributed by atoms with Gasteiger partial charge in [-0.25, -0.2) is 4.79 Å². The van der Waals surface area contributed by atoms with E-state index in [4.69, 9.17) is 14.6 Å². The molecule has 2 rings (SSSR count). The second-order valence-electron chi connectivity index (χ2n) is 6.05. The lowest BCUT2D eigenvalue weighted by Crippen LogP contribution is -2.61. The maximum atomic E-state index is 12.1. The number of carbonyl (C=O) groups is 2. The minimum Gasteiger partial charge on any atom is -0.481 e. The van der Waals surface area contributed by atoms with Crippen LogP contribution in [0.5, 0.6) is 0 Å². The summed E-state index contributed by atoms with van der Waals surface area (Å²) in [6, 6.07) is 0. The van der Waals surface area contributed by atoms with Gasteiger partial charge < -0.3 is 14.6 Å². The molecule has 0 radical (unpaired) electrons. The van der Waals surface area contributed by atoms with Crippen molar-refractivity contribution in [2.75, 3.05) is 19.8 Å². The quantitative estimate of drug-likeness (QED) is 0.761. The number of amides is 1. The number of hydrogen-bond acceptors (Lipinski definition) is 4. The molecule has 2 aliphatic heterocycles.